The summed E-state index contributed by atoms with van der Waals surface area (Å²) < 4.78 is 5.69. The highest BCUT2D eigenvalue weighted by atomic mass is 16.3. The highest BCUT2D eigenvalue weighted by Gasteiger charge is 2.21. The number of nitrogens with zero attached hydrogens (tertiary/aromatic N) is 1. The topological polar surface area (TPSA) is 53.7 Å². The van der Waals surface area contributed by atoms with Gasteiger partial charge in [-0.1, -0.05) is 18.2 Å². The number of amides is 1. The first-order chi connectivity index (χ1) is 8.56. The Balaban J connectivity index is 2.49. The molecular formula is C14H17NO3. The Hall–Kier alpha value is -1.81. The molecule has 4 heteroatoms. The van der Waals surface area contributed by atoms with Crippen LogP contribution in [0.3, 0.4) is 0 Å². The van der Waals surface area contributed by atoms with Gasteiger partial charge in [0.2, 0.25) is 0 Å². The van der Waals surface area contributed by atoms with Gasteiger partial charge in [0, 0.05) is 24.5 Å². The van der Waals surface area contributed by atoms with Crippen LogP contribution in [0.1, 0.15) is 21.7 Å². The Morgan fingerprint density at radius 3 is 2.72 bits per heavy atom. The smallest absolute Gasteiger partial charge is 0.289 e. The van der Waals surface area contributed by atoms with E-state index in [9.17, 15) is 4.79 Å². The molecule has 0 aliphatic carbocycles. The molecule has 0 saturated heterocycles. The number of likely N-dealkylation sites (N-methyl/N-ethyl adjacent to an activating group) is 1. The van der Waals surface area contributed by atoms with Crippen molar-refractivity contribution in [1.29, 1.82) is 0 Å². The normalized spacial score (nSPS) is 10.9. The first-order valence-electron chi connectivity index (χ1n) is 5.91. The molecule has 0 aliphatic heterocycles. The van der Waals surface area contributed by atoms with Gasteiger partial charge in [0.15, 0.2) is 5.76 Å². The zero-order valence-electron chi connectivity index (χ0n) is 10.9. The van der Waals surface area contributed by atoms with Gasteiger partial charge in [-0.2, -0.15) is 0 Å². The average Bonchev–Trinajstić information content (AvgIpc) is 2.68. The molecule has 0 spiro atoms. The summed E-state index contributed by atoms with van der Waals surface area (Å²) in [6.45, 7) is 4.08. The van der Waals surface area contributed by atoms with Crippen molar-refractivity contribution >= 4 is 16.9 Å². The van der Waals surface area contributed by atoms with Crippen LogP contribution in [-0.4, -0.2) is 36.1 Å². The summed E-state index contributed by atoms with van der Waals surface area (Å²) >= 11 is 0. The SMILES string of the molecule is Cc1c(C(=O)N(C)CCO)oc2c(C)cccc12. The van der Waals surface area contributed by atoms with E-state index in [0.29, 0.717) is 12.3 Å². The molecule has 1 N–H and O–H groups in total. The molecule has 18 heavy (non-hydrogen) atoms. The number of rotatable bonds is 3. The molecule has 0 fully saturated rings. The maximum absolute atomic E-state index is 12.2. The van der Waals surface area contributed by atoms with Gasteiger partial charge < -0.3 is 14.4 Å². The minimum Gasteiger partial charge on any atom is -0.450 e. The molecule has 1 aromatic carbocycles. The van der Waals surface area contributed by atoms with Crippen LogP contribution >= 0.6 is 0 Å². The molecule has 1 amide bonds. The summed E-state index contributed by atoms with van der Waals surface area (Å²) in [6, 6.07) is 5.85. The number of aryl methyl sites for hydroxylation is 2. The third kappa shape index (κ3) is 1.99. The lowest BCUT2D eigenvalue weighted by Gasteiger charge is -2.14. The molecule has 0 atom stereocenters. The summed E-state index contributed by atoms with van der Waals surface area (Å²) in [5.41, 5.74) is 2.62. The van der Waals surface area contributed by atoms with Crippen molar-refractivity contribution in [2.24, 2.45) is 0 Å². The maximum Gasteiger partial charge on any atom is 0.289 e. The predicted molar refractivity (Wildman–Crippen MR) is 69.7 cm³/mol. The fourth-order valence-corrected chi connectivity index (χ4v) is 2.01. The van der Waals surface area contributed by atoms with Gasteiger partial charge in [0.05, 0.1) is 6.61 Å². The van der Waals surface area contributed by atoms with E-state index in [2.05, 4.69) is 0 Å². The number of aliphatic hydroxyl groups is 1. The lowest BCUT2D eigenvalue weighted by atomic mass is 10.1. The third-order valence-electron chi connectivity index (χ3n) is 3.14. The van der Waals surface area contributed by atoms with Gasteiger partial charge in [-0.15, -0.1) is 0 Å². The van der Waals surface area contributed by atoms with Crippen LogP contribution < -0.4 is 0 Å². The number of benzene rings is 1. The Morgan fingerprint density at radius 1 is 1.39 bits per heavy atom. The van der Waals surface area contributed by atoms with Gasteiger partial charge in [0.1, 0.15) is 5.58 Å². The Bertz CT molecular complexity index is 586. The summed E-state index contributed by atoms with van der Waals surface area (Å²) in [7, 11) is 1.65. The third-order valence-corrected chi connectivity index (χ3v) is 3.14. The second-order valence-corrected chi connectivity index (χ2v) is 4.46. The molecule has 96 valence electrons. The van der Waals surface area contributed by atoms with Crippen molar-refractivity contribution < 1.29 is 14.3 Å². The van der Waals surface area contributed by atoms with E-state index in [0.717, 1.165) is 22.1 Å². The summed E-state index contributed by atoms with van der Waals surface area (Å²) in [5, 5.41) is 9.83. The predicted octanol–water partition coefficient (Wildman–Crippen LogP) is 2.11. The van der Waals surface area contributed by atoms with E-state index in [1.807, 2.05) is 32.0 Å². The molecule has 2 aromatic rings. The van der Waals surface area contributed by atoms with Gasteiger partial charge in [-0.05, 0) is 19.4 Å². The van der Waals surface area contributed by atoms with Crippen LogP contribution in [0.15, 0.2) is 22.6 Å². The van der Waals surface area contributed by atoms with Gasteiger partial charge >= 0.3 is 0 Å². The van der Waals surface area contributed by atoms with Gasteiger partial charge in [-0.25, -0.2) is 0 Å². The first kappa shape index (κ1) is 12.6. The number of carbonyl (C=O) groups is 1. The first-order valence-corrected chi connectivity index (χ1v) is 5.91. The number of fused-ring (bicyclic) bond motifs is 1. The summed E-state index contributed by atoms with van der Waals surface area (Å²) in [6.07, 6.45) is 0. The quantitative estimate of drug-likeness (QED) is 0.903. The second kappa shape index (κ2) is 4.82. The Kier molecular flexibility index (Phi) is 3.39. The van der Waals surface area contributed by atoms with Crippen molar-refractivity contribution in [1.82, 2.24) is 4.90 Å². The van der Waals surface area contributed by atoms with Crippen LogP contribution in [0, 0.1) is 13.8 Å². The molecule has 0 saturated carbocycles. The largest absolute Gasteiger partial charge is 0.450 e. The second-order valence-electron chi connectivity index (χ2n) is 4.46. The Labute approximate surface area is 106 Å². The molecule has 0 aliphatic rings. The monoisotopic (exact) mass is 247 g/mol. The number of furan rings is 1. The molecule has 0 unspecified atom stereocenters. The highest BCUT2D eigenvalue weighted by Crippen LogP contribution is 2.28. The number of hydrogen-bond donors (Lipinski definition) is 1. The van der Waals surface area contributed by atoms with Crippen molar-refractivity contribution in [3.8, 4) is 0 Å². The number of carbonyl (C=O) groups excluding carboxylic acids is 1. The van der Waals surface area contributed by atoms with Crippen molar-refractivity contribution in [2.45, 2.75) is 13.8 Å². The molecular weight excluding hydrogens is 230 g/mol. The van der Waals surface area contributed by atoms with Crippen molar-refractivity contribution in [2.75, 3.05) is 20.2 Å². The fraction of sp³-hybridized carbons (Fsp3) is 0.357. The van der Waals surface area contributed by atoms with Crippen LogP contribution in [0.25, 0.3) is 11.0 Å². The molecule has 0 bridgehead atoms. The molecule has 2 rings (SSSR count). The molecule has 1 heterocycles. The molecule has 4 nitrogen and oxygen atoms in total. The van der Waals surface area contributed by atoms with E-state index in [-0.39, 0.29) is 12.5 Å². The van der Waals surface area contributed by atoms with E-state index >= 15 is 0 Å². The summed E-state index contributed by atoms with van der Waals surface area (Å²) in [5.74, 6) is 0.160. The number of aliphatic hydroxyl groups excluding tert-OH is 1. The van der Waals surface area contributed by atoms with Crippen LogP contribution in [-0.2, 0) is 0 Å². The maximum atomic E-state index is 12.2. The van der Waals surface area contributed by atoms with Crippen molar-refractivity contribution in [3.63, 3.8) is 0 Å². The number of para-hydroxylation sites is 1. The van der Waals surface area contributed by atoms with Gasteiger partial charge in [-0.3, -0.25) is 4.79 Å². The van der Waals surface area contributed by atoms with E-state index in [1.54, 1.807) is 7.05 Å². The van der Waals surface area contributed by atoms with Crippen molar-refractivity contribution in [3.05, 3.63) is 35.1 Å². The molecule has 0 radical (unpaired) electrons. The minimum atomic E-state index is -0.197. The van der Waals surface area contributed by atoms with E-state index < -0.39 is 0 Å². The molecule has 1 aromatic heterocycles. The highest BCUT2D eigenvalue weighted by molar-refractivity contribution is 5.99. The fourth-order valence-electron chi connectivity index (χ4n) is 2.01. The van der Waals surface area contributed by atoms with Crippen LogP contribution in [0.5, 0.6) is 0 Å². The lowest BCUT2D eigenvalue weighted by molar-refractivity contribution is 0.0737. The van der Waals surface area contributed by atoms with Crippen LogP contribution in [0.4, 0.5) is 0 Å². The van der Waals surface area contributed by atoms with Crippen LogP contribution in [0.2, 0.25) is 0 Å². The average molecular weight is 247 g/mol. The zero-order chi connectivity index (χ0) is 13.3. The lowest BCUT2D eigenvalue weighted by Crippen LogP contribution is -2.29. The standard InChI is InChI=1S/C14H17NO3/c1-9-5-4-6-11-10(2)13(18-12(9)11)14(17)15(3)7-8-16/h4-6,16H,7-8H2,1-3H3. The van der Waals surface area contributed by atoms with E-state index in [1.165, 1.54) is 4.90 Å². The van der Waals surface area contributed by atoms with E-state index in [4.69, 9.17) is 9.52 Å². The zero-order valence-corrected chi connectivity index (χ0v) is 10.9. The minimum absolute atomic E-state index is 0.0550. The summed E-state index contributed by atoms with van der Waals surface area (Å²) in [4.78, 5) is 13.6. The Morgan fingerprint density at radius 2 is 2.11 bits per heavy atom. The number of hydrogen-bond acceptors (Lipinski definition) is 3. The van der Waals surface area contributed by atoms with Gasteiger partial charge in [0.25, 0.3) is 5.91 Å².